The van der Waals surface area contributed by atoms with Crippen LogP contribution in [0.15, 0.2) is 23.2 Å². The fourth-order valence-electron chi connectivity index (χ4n) is 1.19. The van der Waals surface area contributed by atoms with E-state index in [0.29, 0.717) is 4.77 Å². The zero-order valence-electron chi connectivity index (χ0n) is 8.19. The van der Waals surface area contributed by atoms with Gasteiger partial charge in [0.2, 0.25) is 0 Å². The van der Waals surface area contributed by atoms with Gasteiger partial charge in [0.1, 0.15) is 10.1 Å². The van der Waals surface area contributed by atoms with Crippen LogP contribution in [0.5, 0.6) is 0 Å². The van der Waals surface area contributed by atoms with Crippen molar-refractivity contribution in [3.05, 3.63) is 17.9 Å². The number of aromatic nitrogens is 2. The van der Waals surface area contributed by atoms with Gasteiger partial charge in [0.25, 0.3) is 0 Å². The number of hydrogen-bond donors (Lipinski definition) is 0. The van der Waals surface area contributed by atoms with E-state index in [0.717, 1.165) is 10.1 Å². The molecule has 1 aromatic heterocycles. The summed E-state index contributed by atoms with van der Waals surface area (Å²) < 4.78 is 4.50. The largest absolute Gasteiger partial charge is 0.286 e. The van der Waals surface area contributed by atoms with Crippen molar-refractivity contribution in [2.45, 2.75) is 10.1 Å². The van der Waals surface area contributed by atoms with Crippen LogP contribution in [0, 0.1) is 4.77 Å². The van der Waals surface area contributed by atoms with E-state index in [-0.39, 0.29) is 0 Å². The van der Waals surface area contributed by atoms with Crippen LogP contribution in [0.1, 0.15) is 0 Å². The van der Waals surface area contributed by atoms with Gasteiger partial charge in [-0.2, -0.15) is 0 Å². The number of imidazole rings is 1. The maximum atomic E-state index is 5.29. The van der Waals surface area contributed by atoms with Crippen LogP contribution < -0.4 is 0 Å². The summed E-state index contributed by atoms with van der Waals surface area (Å²) in [7, 11) is 0. The molecule has 1 heterocycles. The molecular weight excluding hydrogens is 232 g/mol. The molecule has 0 spiro atoms. The highest BCUT2D eigenvalue weighted by Crippen LogP contribution is 2.30. The number of hydrogen-bond acceptors (Lipinski definition) is 3. The van der Waals surface area contributed by atoms with Crippen molar-refractivity contribution in [1.29, 1.82) is 0 Å². The first-order valence-electron chi connectivity index (χ1n) is 3.91. The summed E-state index contributed by atoms with van der Waals surface area (Å²) in [5.41, 5.74) is 0. The summed E-state index contributed by atoms with van der Waals surface area (Å²) in [6, 6.07) is 0. The Morgan fingerprint density at radius 1 is 1.07 bits per heavy atom. The topological polar surface area (TPSA) is 9.86 Å². The quantitative estimate of drug-likeness (QED) is 0.591. The highest BCUT2D eigenvalue weighted by atomic mass is 32.2. The normalized spacial score (nSPS) is 10.1. The highest BCUT2D eigenvalue weighted by molar-refractivity contribution is 8.01. The molecule has 0 saturated heterocycles. The average Bonchev–Trinajstić information content (AvgIpc) is 2.48. The summed E-state index contributed by atoms with van der Waals surface area (Å²) >= 11 is 8.60. The average molecular weight is 244 g/mol. The number of rotatable bonds is 4. The lowest BCUT2D eigenvalue weighted by molar-refractivity contribution is 0.967. The third kappa shape index (κ3) is 1.71. The summed E-state index contributed by atoms with van der Waals surface area (Å²) in [6.07, 6.45) is 7.51. The lowest BCUT2D eigenvalue weighted by atomic mass is 10.8. The third-order valence-corrected chi connectivity index (χ3v) is 3.86. The van der Waals surface area contributed by atoms with E-state index in [1.165, 1.54) is 0 Å². The Balaban J connectivity index is 3.61. The van der Waals surface area contributed by atoms with Gasteiger partial charge in [-0.1, -0.05) is 13.2 Å². The fourth-order valence-corrected chi connectivity index (χ4v) is 3.40. The number of thioether (sulfide) groups is 2. The monoisotopic (exact) mass is 244 g/mol. The maximum absolute atomic E-state index is 5.29. The van der Waals surface area contributed by atoms with Gasteiger partial charge >= 0.3 is 0 Å². The van der Waals surface area contributed by atoms with Crippen molar-refractivity contribution in [3.63, 3.8) is 0 Å². The van der Waals surface area contributed by atoms with Crippen molar-refractivity contribution in [1.82, 2.24) is 9.13 Å². The predicted octanol–water partition coefficient (Wildman–Crippen LogP) is 3.66. The minimum Gasteiger partial charge on any atom is -0.286 e. The van der Waals surface area contributed by atoms with Gasteiger partial charge in [-0.3, -0.25) is 9.13 Å². The van der Waals surface area contributed by atoms with Crippen LogP contribution in [-0.4, -0.2) is 21.6 Å². The standard InChI is InChI=1S/C9H12N2S3/c1-5-10-7(13-3)8(14-4)11(6-2)9(10)12/h5-6H,1-2H2,3-4H3. The van der Waals surface area contributed by atoms with E-state index >= 15 is 0 Å². The Bertz CT molecular complexity index is 378. The SMILES string of the molecule is C=Cn1c(SC)c(SC)n(C=C)c1=S. The Morgan fingerprint density at radius 2 is 1.43 bits per heavy atom. The van der Waals surface area contributed by atoms with Crippen LogP contribution in [0.2, 0.25) is 0 Å². The molecule has 0 N–H and O–H groups in total. The zero-order chi connectivity index (χ0) is 10.7. The second-order valence-corrected chi connectivity index (χ2v) is 4.36. The van der Waals surface area contributed by atoms with Gasteiger partial charge in [0.15, 0.2) is 4.77 Å². The van der Waals surface area contributed by atoms with E-state index in [2.05, 4.69) is 13.2 Å². The summed E-state index contributed by atoms with van der Waals surface area (Å²) in [5.74, 6) is 0. The van der Waals surface area contributed by atoms with Crippen molar-refractivity contribution in [2.75, 3.05) is 12.5 Å². The first-order valence-corrected chi connectivity index (χ1v) is 6.76. The molecular formula is C9H12N2S3. The molecule has 5 heteroatoms. The molecule has 76 valence electrons. The second kappa shape index (κ2) is 4.91. The Morgan fingerprint density at radius 3 is 1.64 bits per heavy atom. The summed E-state index contributed by atoms with van der Waals surface area (Å²) in [6.45, 7) is 7.50. The summed E-state index contributed by atoms with van der Waals surface area (Å²) in [5, 5.41) is 2.22. The fraction of sp³-hybridized carbons (Fsp3) is 0.222. The minimum atomic E-state index is 0.712. The molecule has 0 saturated carbocycles. The van der Waals surface area contributed by atoms with Crippen molar-refractivity contribution in [3.8, 4) is 0 Å². The maximum Gasteiger partial charge on any atom is 0.189 e. The van der Waals surface area contributed by atoms with Crippen LogP contribution >= 0.6 is 35.7 Å². The lowest BCUT2D eigenvalue weighted by Gasteiger charge is -2.00. The molecule has 1 rings (SSSR count). The Kier molecular flexibility index (Phi) is 4.10. The van der Waals surface area contributed by atoms with Gasteiger partial charge in [-0.05, 0) is 24.7 Å². The van der Waals surface area contributed by atoms with Crippen molar-refractivity contribution in [2.24, 2.45) is 0 Å². The van der Waals surface area contributed by atoms with Gasteiger partial charge < -0.3 is 0 Å². The predicted molar refractivity (Wildman–Crippen MR) is 69.6 cm³/mol. The molecule has 0 bridgehead atoms. The summed E-state index contributed by atoms with van der Waals surface area (Å²) in [4.78, 5) is 0. The van der Waals surface area contributed by atoms with E-state index < -0.39 is 0 Å². The molecule has 0 amide bonds. The molecule has 0 fully saturated rings. The van der Waals surface area contributed by atoms with E-state index in [9.17, 15) is 0 Å². The third-order valence-electron chi connectivity index (χ3n) is 1.78. The molecule has 2 nitrogen and oxygen atoms in total. The molecule has 0 aliphatic carbocycles. The molecule has 0 radical (unpaired) electrons. The van der Waals surface area contributed by atoms with E-state index in [4.69, 9.17) is 12.2 Å². The Labute approximate surface area is 97.7 Å². The van der Waals surface area contributed by atoms with E-state index in [1.54, 1.807) is 35.9 Å². The molecule has 14 heavy (non-hydrogen) atoms. The minimum absolute atomic E-state index is 0.712. The van der Waals surface area contributed by atoms with Crippen molar-refractivity contribution >= 4 is 48.1 Å². The first-order chi connectivity index (χ1) is 6.71. The van der Waals surface area contributed by atoms with Gasteiger partial charge in [-0.25, -0.2) is 0 Å². The molecule has 0 aromatic carbocycles. The second-order valence-electron chi connectivity index (χ2n) is 2.41. The molecule has 0 atom stereocenters. The van der Waals surface area contributed by atoms with Crippen LogP contribution in [-0.2, 0) is 0 Å². The molecule has 0 aliphatic rings. The zero-order valence-corrected chi connectivity index (χ0v) is 10.6. The molecule has 0 aliphatic heterocycles. The van der Waals surface area contributed by atoms with E-state index in [1.807, 2.05) is 21.6 Å². The lowest BCUT2D eigenvalue weighted by Crippen LogP contribution is -1.88. The van der Waals surface area contributed by atoms with Gasteiger partial charge in [0.05, 0.1) is 0 Å². The number of nitrogens with zero attached hydrogens (tertiary/aromatic N) is 2. The van der Waals surface area contributed by atoms with Crippen LogP contribution in [0.4, 0.5) is 0 Å². The highest BCUT2D eigenvalue weighted by Gasteiger charge is 2.12. The van der Waals surface area contributed by atoms with Gasteiger partial charge in [-0.15, -0.1) is 23.5 Å². The Hall–Kier alpha value is -0.390. The van der Waals surface area contributed by atoms with Crippen LogP contribution in [0.3, 0.4) is 0 Å². The van der Waals surface area contributed by atoms with Crippen molar-refractivity contribution < 1.29 is 0 Å². The molecule has 0 unspecified atom stereocenters. The molecule has 1 aromatic rings. The first kappa shape index (κ1) is 11.7. The smallest absolute Gasteiger partial charge is 0.189 e. The van der Waals surface area contributed by atoms with Crippen LogP contribution in [0.25, 0.3) is 12.4 Å². The van der Waals surface area contributed by atoms with Gasteiger partial charge in [0, 0.05) is 12.4 Å².